The van der Waals surface area contributed by atoms with Gasteiger partial charge < -0.3 is 14.8 Å². The van der Waals surface area contributed by atoms with Crippen LogP contribution in [0.5, 0.6) is 11.5 Å². The maximum atomic E-state index is 13.5. The first-order chi connectivity index (χ1) is 17.0. The molecule has 0 saturated carbocycles. The second kappa shape index (κ2) is 9.63. The van der Waals surface area contributed by atoms with Gasteiger partial charge in [-0.1, -0.05) is 42.1 Å². The Kier molecular flexibility index (Phi) is 6.24. The third-order valence-corrected chi connectivity index (χ3v) is 6.36. The molecule has 7 nitrogen and oxygen atoms in total. The van der Waals surface area contributed by atoms with E-state index < -0.39 is 11.1 Å². The van der Waals surface area contributed by atoms with Crippen molar-refractivity contribution in [3.05, 3.63) is 89.9 Å². The number of nitrogens with one attached hydrogen (secondary N) is 1. The molecule has 0 aromatic heterocycles. The minimum atomic E-state index is -0.592. The van der Waals surface area contributed by atoms with Gasteiger partial charge in [0.15, 0.2) is 16.7 Å². The van der Waals surface area contributed by atoms with Gasteiger partial charge in [0.1, 0.15) is 11.5 Å². The van der Waals surface area contributed by atoms with Crippen molar-refractivity contribution in [2.24, 2.45) is 4.99 Å². The molecule has 2 aliphatic heterocycles. The van der Waals surface area contributed by atoms with Gasteiger partial charge in [0.05, 0.1) is 10.9 Å². The SMILES string of the molecule is CC(SC1=N/C(=C\c2ccccc2)C(=O)N1c1ccc(F)cc1)C(=O)Nc1ccc2c(c1)OCO2. The molecule has 2 amide bonds. The summed E-state index contributed by atoms with van der Waals surface area (Å²) < 4.78 is 24.2. The molecule has 0 saturated heterocycles. The Labute approximate surface area is 205 Å². The lowest BCUT2D eigenvalue weighted by Gasteiger charge is -2.20. The number of carbonyl (C=O) groups is 2. The third kappa shape index (κ3) is 4.90. The van der Waals surface area contributed by atoms with E-state index in [4.69, 9.17) is 9.47 Å². The molecule has 3 aromatic rings. The van der Waals surface area contributed by atoms with E-state index in [2.05, 4.69) is 10.3 Å². The molecule has 2 heterocycles. The Bertz CT molecular complexity index is 1340. The van der Waals surface area contributed by atoms with Crippen LogP contribution in [0.1, 0.15) is 12.5 Å². The van der Waals surface area contributed by atoms with Gasteiger partial charge in [-0.2, -0.15) is 0 Å². The molecular weight excluding hydrogens is 469 g/mol. The van der Waals surface area contributed by atoms with E-state index in [1.54, 1.807) is 31.2 Å². The minimum Gasteiger partial charge on any atom is -0.454 e. The summed E-state index contributed by atoms with van der Waals surface area (Å²) in [5, 5.41) is 2.59. The summed E-state index contributed by atoms with van der Waals surface area (Å²) >= 11 is 1.14. The Morgan fingerprint density at radius 1 is 1.09 bits per heavy atom. The summed E-state index contributed by atoms with van der Waals surface area (Å²) in [6, 6.07) is 20.1. The average molecular weight is 490 g/mol. The number of halogens is 1. The minimum absolute atomic E-state index is 0.144. The van der Waals surface area contributed by atoms with Crippen LogP contribution >= 0.6 is 11.8 Å². The fourth-order valence-corrected chi connectivity index (χ4v) is 4.46. The zero-order valence-electron chi connectivity index (χ0n) is 18.6. The van der Waals surface area contributed by atoms with Gasteiger partial charge in [-0.3, -0.25) is 14.5 Å². The highest BCUT2D eigenvalue weighted by Crippen LogP contribution is 2.35. The maximum absolute atomic E-state index is 13.5. The van der Waals surface area contributed by atoms with Crippen LogP contribution in [0.4, 0.5) is 15.8 Å². The zero-order valence-corrected chi connectivity index (χ0v) is 19.4. The van der Waals surface area contributed by atoms with Gasteiger partial charge in [0.25, 0.3) is 5.91 Å². The second-order valence-corrected chi connectivity index (χ2v) is 9.08. The number of carbonyl (C=O) groups excluding carboxylic acids is 2. The van der Waals surface area contributed by atoms with Crippen molar-refractivity contribution in [1.29, 1.82) is 0 Å². The normalized spacial score (nSPS) is 16.4. The molecule has 2 aliphatic rings. The molecule has 5 rings (SSSR count). The number of aliphatic imine (C=N–C) groups is 1. The highest BCUT2D eigenvalue weighted by molar-refractivity contribution is 8.15. The molecule has 9 heteroatoms. The van der Waals surface area contributed by atoms with E-state index >= 15 is 0 Å². The Balaban J connectivity index is 1.38. The number of amidine groups is 1. The molecule has 0 radical (unpaired) electrons. The first-order valence-corrected chi connectivity index (χ1v) is 11.7. The van der Waals surface area contributed by atoms with Crippen molar-refractivity contribution in [2.75, 3.05) is 17.0 Å². The van der Waals surface area contributed by atoms with Crippen molar-refractivity contribution < 1.29 is 23.5 Å². The van der Waals surface area contributed by atoms with Crippen molar-refractivity contribution in [3.63, 3.8) is 0 Å². The number of amides is 2. The van der Waals surface area contributed by atoms with Gasteiger partial charge in [-0.25, -0.2) is 9.38 Å². The van der Waals surface area contributed by atoms with E-state index in [-0.39, 0.29) is 24.3 Å². The zero-order chi connectivity index (χ0) is 24.4. The number of benzene rings is 3. The van der Waals surface area contributed by atoms with E-state index in [9.17, 15) is 14.0 Å². The van der Waals surface area contributed by atoms with Crippen LogP contribution in [-0.2, 0) is 9.59 Å². The Hall–Kier alpha value is -4.11. The smallest absolute Gasteiger partial charge is 0.283 e. The summed E-state index contributed by atoms with van der Waals surface area (Å²) in [4.78, 5) is 32.1. The number of rotatable bonds is 5. The number of thioether (sulfide) groups is 1. The van der Waals surface area contributed by atoms with Gasteiger partial charge in [0.2, 0.25) is 12.7 Å². The lowest BCUT2D eigenvalue weighted by atomic mass is 10.2. The molecule has 3 aromatic carbocycles. The first kappa shape index (κ1) is 22.7. The van der Waals surface area contributed by atoms with Crippen molar-refractivity contribution >= 4 is 46.2 Å². The fourth-order valence-electron chi connectivity index (χ4n) is 3.53. The number of anilines is 2. The monoisotopic (exact) mass is 489 g/mol. The van der Waals surface area contributed by atoms with Gasteiger partial charge >= 0.3 is 0 Å². The van der Waals surface area contributed by atoms with E-state index in [1.807, 2.05) is 30.3 Å². The number of ether oxygens (including phenoxy) is 2. The van der Waals surface area contributed by atoms with E-state index in [1.165, 1.54) is 29.2 Å². The fraction of sp³-hybridized carbons (Fsp3) is 0.115. The van der Waals surface area contributed by atoms with Gasteiger partial charge in [-0.05, 0) is 55.0 Å². The van der Waals surface area contributed by atoms with Crippen LogP contribution < -0.4 is 19.7 Å². The molecule has 0 spiro atoms. The first-order valence-electron chi connectivity index (χ1n) is 10.8. The van der Waals surface area contributed by atoms with Crippen molar-refractivity contribution in [2.45, 2.75) is 12.2 Å². The molecule has 0 fully saturated rings. The highest BCUT2D eigenvalue weighted by Gasteiger charge is 2.34. The van der Waals surface area contributed by atoms with Crippen LogP contribution in [0.2, 0.25) is 0 Å². The maximum Gasteiger partial charge on any atom is 0.283 e. The third-order valence-electron chi connectivity index (χ3n) is 5.31. The molecule has 176 valence electrons. The molecule has 1 unspecified atom stereocenters. The summed E-state index contributed by atoms with van der Waals surface area (Å²) in [5.41, 5.74) is 2.07. The van der Waals surface area contributed by atoms with E-state index in [0.717, 1.165) is 17.3 Å². The van der Waals surface area contributed by atoms with Crippen LogP contribution in [0.15, 0.2) is 83.5 Å². The Morgan fingerprint density at radius 2 is 1.83 bits per heavy atom. The quantitative estimate of drug-likeness (QED) is 0.507. The summed E-state index contributed by atoms with van der Waals surface area (Å²) in [6.07, 6.45) is 1.68. The number of fused-ring (bicyclic) bond motifs is 1. The number of hydrogen-bond acceptors (Lipinski definition) is 6. The summed E-state index contributed by atoms with van der Waals surface area (Å²) in [5.74, 6) is 0.141. The van der Waals surface area contributed by atoms with Gasteiger partial charge in [-0.15, -0.1) is 0 Å². The van der Waals surface area contributed by atoms with Crippen LogP contribution in [0.25, 0.3) is 6.08 Å². The van der Waals surface area contributed by atoms with Gasteiger partial charge in [0, 0.05) is 11.8 Å². The Morgan fingerprint density at radius 3 is 2.60 bits per heavy atom. The lowest BCUT2D eigenvalue weighted by Crippen LogP contribution is -2.33. The highest BCUT2D eigenvalue weighted by atomic mass is 32.2. The number of nitrogens with zero attached hydrogens (tertiary/aromatic N) is 2. The molecule has 1 atom stereocenters. The summed E-state index contributed by atoms with van der Waals surface area (Å²) in [6.45, 7) is 1.87. The predicted octanol–water partition coefficient (Wildman–Crippen LogP) is 5.06. The molecular formula is C26H20FN3O4S. The average Bonchev–Trinajstić information content (AvgIpc) is 3.44. The standard InChI is InChI=1S/C26H20FN3O4S/c1-16(24(31)28-19-9-12-22-23(14-19)34-15-33-22)35-26-29-21(13-17-5-3-2-4-6-17)25(32)30(26)20-10-7-18(27)8-11-20/h2-14,16H,15H2,1H3,(H,28,31)/b21-13-. The van der Waals surface area contributed by atoms with Crippen molar-refractivity contribution in [1.82, 2.24) is 0 Å². The largest absolute Gasteiger partial charge is 0.454 e. The van der Waals surface area contributed by atoms with Crippen molar-refractivity contribution in [3.8, 4) is 11.5 Å². The predicted molar refractivity (Wildman–Crippen MR) is 134 cm³/mol. The molecule has 0 aliphatic carbocycles. The van der Waals surface area contributed by atoms with Crippen LogP contribution in [-0.4, -0.2) is 29.0 Å². The lowest BCUT2D eigenvalue weighted by molar-refractivity contribution is -0.115. The molecule has 35 heavy (non-hydrogen) atoms. The summed E-state index contributed by atoms with van der Waals surface area (Å²) in [7, 11) is 0. The van der Waals surface area contributed by atoms with Crippen LogP contribution in [0.3, 0.4) is 0 Å². The number of hydrogen-bond donors (Lipinski definition) is 1. The molecule has 1 N–H and O–H groups in total. The van der Waals surface area contributed by atoms with E-state index in [0.29, 0.717) is 28.0 Å². The second-order valence-electron chi connectivity index (χ2n) is 7.77. The topological polar surface area (TPSA) is 80.2 Å². The van der Waals surface area contributed by atoms with Crippen LogP contribution in [0, 0.1) is 5.82 Å². The molecule has 0 bridgehead atoms.